The summed E-state index contributed by atoms with van der Waals surface area (Å²) in [6.45, 7) is 22.4. The van der Waals surface area contributed by atoms with E-state index in [2.05, 4.69) is 84.2 Å². The number of esters is 1. The Hall–Kier alpha value is -1.29. The van der Waals surface area contributed by atoms with Gasteiger partial charge in [-0.2, -0.15) is 0 Å². The number of fused-ring (bicyclic) bond motifs is 1. The molecule has 0 aliphatic heterocycles. The standard InChI is InChI=1S/C30H44INO4Si/c1-11-35-28(34)20-14-12-19(13-15-20)27(33)24-25(31)23-21(32-26(24)18(2)3)16-30(7,8)17-22(23)36-37(9,10)29(4,5)6/h12-15,18,22,27,33H,11,16-17H2,1-10H3/t22-,27+/m0/s1. The summed E-state index contributed by atoms with van der Waals surface area (Å²) in [4.78, 5) is 17.3. The molecule has 1 aromatic carbocycles. The topological polar surface area (TPSA) is 68.7 Å². The fourth-order valence-corrected chi connectivity index (χ4v) is 7.25. The number of rotatable bonds is 7. The number of hydrogen-bond donors (Lipinski definition) is 1. The van der Waals surface area contributed by atoms with E-state index in [1.165, 1.54) is 0 Å². The summed E-state index contributed by atoms with van der Waals surface area (Å²) in [6, 6.07) is 7.05. The largest absolute Gasteiger partial charge is 0.462 e. The first-order valence-electron chi connectivity index (χ1n) is 13.3. The maximum Gasteiger partial charge on any atom is 0.338 e. The molecule has 1 aliphatic rings. The number of carbonyl (C=O) groups is 1. The zero-order valence-corrected chi connectivity index (χ0v) is 27.3. The zero-order chi connectivity index (χ0) is 27.9. The molecular weight excluding hydrogens is 593 g/mol. The number of aromatic nitrogens is 1. The Morgan fingerprint density at radius 3 is 2.32 bits per heavy atom. The lowest BCUT2D eigenvalue weighted by Gasteiger charge is -2.44. The first kappa shape index (κ1) is 30.3. The van der Waals surface area contributed by atoms with E-state index in [9.17, 15) is 9.90 Å². The molecule has 1 N–H and O–H groups in total. The Labute approximate surface area is 238 Å². The summed E-state index contributed by atoms with van der Waals surface area (Å²) in [5, 5.41) is 11.8. The highest BCUT2D eigenvalue weighted by molar-refractivity contribution is 14.1. The first-order valence-corrected chi connectivity index (χ1v) is 17.3. The van der Waals surface area contributed by atoms with Gasteiger partial charge in [0.15, 0.2) is 8.32 Å². The van der Waals surface area contributed by atoms with Crippen LogP contribution < -0.4 is 0 Å². The molecule has 0 saturated heterocycles. The van der Waals surface area contributed by atoms with Crippen LogP contribution >= 0.6 is 22.6 Å². The molecule has 0 saturated carbocycles. The Morgan fingerprint density at radius 2 is 1.81 bits per heavy atom. The van der Waals surface area contributed by atoms with Gasteiger partial charge in [-0.1, -0.05) is 60.6 Å². The van der Waals surface area contributed by atoms with Crippen molar-refractivity contribution in [2.24, 2.45) is 5.41 Å². The summed E-state index contributed by atoms with van der Waals surface area (Å²) >= 11 is 2.41. The van der Waals surface area contributed by atoms with Gasteiger partial charge < -0.3 is 14.3 Å². The Kier molecular flexibility index (Phi) is 9.04. The highest BCUT2D eigenvalue weighted by atomic mass is 127. The maximum absolute atomic E-state index is 12.1. The molecule has 0 amide bonds. The van der Waals surface area contributed by atoms with Crippen molar-refractivity contribution < 1.29 is 19.1 Å². The number of ether oxygens (including phenoxy) is 1. The number of nitrogens with zero attached hydrogens (tertiary/aromatic N) is 1. The van der Waals surface area contributed by atoms with Gasteiger partial charge in [-0.3, -0.25) is 4.98 Å². The van der Waals surface area contributed by atoms with Crippen LogP contribution in [0.1, 0.15) is 118 Å². The first-order chi connectivity index (χ1) is 17.0. The van der Waals surface area contributed by atoms with Gasteiger partial charge in [0.1, 0.15) is 6.10 Å². The average Bonchev–Trinajstić information content (AvgIpc) is 2.76. The summed E-state index contributed by atoms with van der Waals surface area (Å²) in [5.41, 5.74) is 5.30. The van der Waals surface area contributed by atoms with Gasteiger partial charge in [-0.05, 0) is 89.5 Å². The van der Waals surface area contributed by atoms with E-state index < -0.39 is 14.4 Å². The van der Waals surface area contributed by atoms with Crippen LogP contribution in [0.5, 0.6) is 0 Å². The van der Waals surface area contributed by atoms with E-state index >= 15 is 0 Å². The molecule has 1 aromatic heterocycles. The summed E-state index contributed by atoms with van der Waals surface area (Å²) in [7, 11) is -2.05. The maximum atomic E-state index is 12.1. The minimum absolute atomic E-state index is 0.0580. The quantitative estimate of drug-likeness (QED) is 0.189. The molecule has 2 aromatic rings. The van der Waals surface area contributed by atoms with E-state index in [-0.39, 0.29) is 28.4 Å². The second-order valence-electron chi connectivity index (χ2n) is 12.9. The van der Waals surface area contributed by atoms with Crippen molar-refractivity contribution in [2.45, 2.75) is 104 Å². The monoisotopic (exact) mass is 637 g/mol. The van der Waals surface area contributed by atoms with Gasteiger partial charge in [0.25, 0.3) is 0 Å². The minimum atomic E-state index is -2.05. The van der Waals surface area contributed by atoms with Crippen LogP contribution in [-0.2, 0) is 15.6 Å². The van der Waals surface area contributed by atoms with Gasteiger partial charge in [0.2, 0.25) is 0 Å². The molecular formula is C30H44INO4Si. The number of aliphatic hydroxyl groups is 1. The lowest BCUT2D eigenvalue weighted by Crippen LogP contribution is -2.44. The zero-order valence-electron chi connectivity index (χ0n) is 24.2. The van der Waals surface area contributed by atoms with Crippen molar-refractivity contribution in [2.75, 3.05) is 6.61 Å². The normalized spacial score (nSPS) is 18.5. The summed E-state index contributed by atoms with van der Waals surface area (Å²) in [6.07, 6.45) is 0.897. The molecule has 0 spiro atoms. The predicted octanol–water partition coefficient (Wildman–Crippen LogP) is 8.10. The van der Waals surface area contributed by atoms with E-state index in [0.717, 1.165) is 44.5 Å². The van der Waals surface area contributed by atoms with Crippen LogP contribution in [0.2, 0.25) is 18.1 Å². The second-order valence-corrected chi connectivity index (χ2v) is 18.7. The third kappa shape index (κ3) is 6.48. The molecule has 1 aliphatic carbocycles. The number of hydrogen-bond acceptors (Lipinski definition) is 5. The van der Waals surface area contributed by atoms with E-state index in [4.69, 9.17) is 14.1 Å². The van der Waals surface area contributed by atoms with Crippen LogP contribution in [0, 0.1) is 8.99 Å². The SMILES string of the molecule is CCOC(=O)c1ccc([C@@H](O)c2c(C(C)C)nc3c(c2I)[C@@H](O[Si](C)(C)C(C)(C)C)CC(C)(C)C3)cc1. The Morgan fingerprint density at radius 1 is 1.22 bits per heavy atom. The fraction of sp³-hybridized carbons (Fsp3) is 0.600. The number of halogens is 1. The van der Waals surface area contributed by atoms with Crippen molar-refractivity contribution in [1.82, 2.24) is 4.98 Å². The summed E-state index contributed by atoms with van der Waals surface area (Å²) < 4.78 is 13.2. The molecule has 5 nitrogen and oxygen atoms in total. The Bertz CT molecular complexity index is 1140. The average molecular weight is 638 g/mol. The van der Waals surface area contributed by atoms with E-state index in [0.29, 0.717) is 12.2 Å². The number of carbonyl (C=O) groups excluding carboxylic acids is 1. The summed E-state index contributed by atoms with van der Waals surface area (Å²) in [5.74, 6) is -0.211. The fourth-order valence-electron chi connectivity index (χ4n) is 4.76. The van der Waals surface area contributed by atoms with Crippen molar-refractivity contribution in [3.05, 3.63) is 61.5 Å². The third-order valence-corrected chi connectivity index (χ3v) is 13.5. The number of pyridine rings is 1. The van der Waals surface area contributed by atoms with Crippen molar-refractivity contribution in [3.63, 3.8) is 0 Å². The lowest BCUT2D eigenvalue weighted by atomic mass is 9.74. The van der Waals surface area contributed by atoms with Crippen LogP contribution in [0.3, 0.4) is 0 Å². The molecule has 204 valence electrons. The molecule has 0 radical (unpaired) electrons. The van der Waals surface area contributed by atoms with E-state index in [1.807, 2.05) is 12.1 Å². The Balaban J connectivity index is 2.14. The molecule has 37 heavy (non-hydrogen) atoms. The lowest BCUT2D eigenvalue weighted by molar-refractivity contribution is 0.0526. The van der Waals surface area contributed by atoms with Gasteiger partial charge in [0.05, 0.1) is 24.0 Å². The minimum Gasteiger partial charge on any atom is -0.462 e. The third-order valence-electron chi connectivity index (χ3n) is 7.82. The predicted molar refractivity (Wildman–Crippen MR) is 161 cm³/mol. The van der Waals surface area contributed by atoms with Crippen molar-refractivity contribution in [1.29, 1.82) is 0 Å². The molecule has 3 rings (SSSR count). The second kappa shape index (κ2) is 11.1. The van der Waals surface area contributed by atoms with E-state index in [1.54, 1.807) is 19.1 Å². The van der Waals surface area contributed by atoms with Gasteiger partial charge in [-0.25, -0.2) is 4.79 Å². The van der Waals surface area contributed by atoms with Gasteiger partial charge in [0, 0.05) is 20.4 Å². The molecule has 2 atom stereocenters. The molecule has 7 heteroatoms. The smallest absolute Gasteiger partial charge is 0.338 e. The highest BCUT2D eigenvalue weighted by Gasteiger charge is 2.44. The van der Waals surface area contributed by atoms with Crippen molar-refractivity contribution >= 4 is 36.9 Å². The molecule has 1 heterocycles. The van der Waals surface area contributed by atoms with Crippen LogP contribution in [0.25, 0.3) is 0 Å². The van der Waals surface area contributed by atoms with Crippen molar-refractivity contribution in [3.8, 4) is 0 Å². The molecule has 0 fully saturated rings. The number of aliphatic hydroxyl groups excluding tert-OH is 1. The van der Waals surface area contributed by atoms with Crippen LogP contribution in [0.4, 0.5) is 0 Å². The van der Waals surface area contributed by atoms with Gasteiger partial charge in [-0.15, -0.1) is 0 Å². The molecule has 0 unspecified atom stereocenters. The number of benzene rings is 1. The molecule has 0 bridgehead atoms. The highest BCUT2D eigenvalue weighted by Crippen LogP contribution is 2.50. The van der Waals surface area contributed by atoms with Crippen LogP contribution in [-0.4, -0.2) is 31.0 Å². The van der Waals surface area contributed by atoms with Crippen LogP contribution in [0.15, 0.2) is 24.3 Å². The van der Waals surface area contributed by atoms with Gasteiger partial charge >= 0.3 is 5.97 Å².